The van der Waals surface area contributed by atoms with Gasteiger partial charge in [0, 0.05) is 30.2 Å². The van der Waals surface area contributed by atoms with E-state index in [1.165, 1.54) is 6.33 Å². The van der Waals surface area contributed by atoms with Crippen molar-refractivity contribution >= 4 is 35.0 Å². The van der Waals surface area contributed by atoms with Crippen LogP contribution in [0.15, 0.2) is 12.4 Å². The predicted molar refractivity (Wildman–Crippen MR) is 69.9 cm³/mol. The molecule has 3 heterocycles. The molecule has 2 aromatic rings. The third-order valence-electron chi connectivity index (χ3n) is 2.86. The highest BCUT2D eigenvalue weighted by atomic mass is 35.5. The minimum absolute atomic E-state index is 0.464. The molecule has 0 radical (unpaired) electrons. The van der Waals surface area contributed by atoms with Crippen LogP contribution in [0.25, 0.3) is 5.78 Å². The van der Waals surface area contributed by atoms with E-state index in [0.29, 0.717) is 17.0 Å². The van der Waals surface area contributed by atoms with Gasteiger partial charge in [-0.1, -0.05) is 11.6 Å². The molecule has 3 rings (SSSR count). The molecule has 1 aliphatic rings. The van der Waals surface area contributed by atoms with Gasteiger partial charge in [-0.3, -0.25) is 0 Å². The molecule has 17 heavy (non-hydrogen) atoms. The lowest BCUT2D eigenvalue weighted by Crippen LogP contribution is -2.41. The Bertz CT molecular complexity index is 542. The Kier molecular flexibility index (Phi) is 2.84. The van der Waals surface area contributed by atoms with Crippen LogP contribution in [-0.2, 0) is 0 Å². The maximum atomic E-state index is 6.02. The summed E-state index contributed by atoms with van der Waals surface area (Å²) in [5.41, 5.74) is 0. The van der Waals surface area contributed by atoms with Crippen LogP contribution in [0.2, 0.25) is 5.15 Å². The molecular formula is C10H12ClN5S. The fraction of sp³-hybridized carbons (Fsp3) is 0.500. The number of thioether (sulfide) groups is 1. The molecule has 1 saturated heterocycles. The highest BCUT2D eigenvalue weighted by Gasteiger charge is 2.22. The Morgan fingerprint density at radius 1 is 1.53 bits per heavy atom. The van der Waals surface area contributed by atoms with Gasteiger partial charge in [-0.2, -0.15) is 31.3 Å². The predicted octanol–water partition coefficient (Wildman–Crippen LogP) is 1.72. The number of hydrogen-bond acceptors (Lipinski definition) is 5. The molecule has 1 atom stereocenters. The Morgan fingerprint density at radius 2 is 2.41 bits per heavy atom. The lowest BCUT2D eigenvalue weighted by atomic mass is 10.3. The molecule has 0 saturated carbocycles. The second-order valence-electron chi connectivity index (χ2n) is 4.03. The van der Waals surface area contributed by atoms with Gasteiger partial charge in [-0.25, -0.2) is 0 Å². The minimum Gasteiger partial charge on any atom is -0.352 e. The molecule has 1 aliphatic heterocycles. The summed E-state index contributed by atoms with van der Waals surface area (Å²) in [6, 6.07) is 2.33. The molecule has 0 amide bonds. The fourth-order valence-electron chi connectivity index (χ4n) is 2.04. The summed E-state index contributed by atoms with van der Waals surface area (Å²) in [4.78, 5) is 10.5. The molecule has 7 heteroatoms. The average molecular weight is 270 g/mol. The van der Waals surface area contributed by atoms with Crippen molar-refractivity contribution in [2.24, 2.45) is 0 Å². The molecule has 0 aliphatic carbocycles. The molecule has 0 N–H and O–H groups in total. The second kappa shape index (κ2) is 4.34. The van der Waals surface area contributed by atoms with E-state index >= 15 is 0 Å². The summed E-state index contributed by atoms with van der Waals surface area (Å²) in [5, 5.41) is 4.67. The summed E-state index contributed by atoms with van der Waals surface area (Å²) >= 11 is 8.00. The third-order valence-corrected chi connectivity index (χ3v) is 4.25. The lowest BCUT2D eigenvalue weighted by molar-refractivity contribution is 0.674. The number of rotatable bonds is 1. The van der Waals surface area contributed by atoms with Crippen molar-refractivity contribution in [3.05, 3.63) is 17.5 Å². The molecular weight excluding hydrogens is 258 g/mol. The van der Waals surface area contributed by atoms with Gasteiger partial charge in [0.2, 0.25) is 0 Å². The van der Waals surface area contributed by atoms with E-state index in [1.807, 2.05) is 17.8 Å². The number of nitrogens with zero attached hydrogens (tertiary/aromatic N) is 5. The van der Waals surface area contributed by atoms with Gasteiger partial charge in [0.15, 0.2) is 0 Å². The molecule has 5 nitrogen and oxygen atoms in total. The van der Waals surface area contributed by atoms with Crippen molar-refractivity contribution in [2.45, 2.75) is 13.0 Å². The van der Waals surface area contributed by atoms with Gasteiger partial charge in [0.25, 0.3) is 5.78 Å². The summed E-state index contributed by atoms with van der Waals surface area (Å²) in [6.07, 6.45) is 1.51. The van der Waals surface area contributed by atoms with Crippen molar-refractivity contribution in [1.29, 1.82) is 0 Å². The maximum Gasteiger partial charge on any atom is 0.255 e. The van der Waals surface area contributed by atoms with E-state index in [9.17, 15) is 0 Å². The zero-order valence-electron chi connectivity index (χ0n) is 9.38. The average Bonchev–Trinajstić information content (AvgIpc) is 2.76. The van der Waals surface area contributed by atoms with Crippen LogP contribution < -0.4 is 4.90 Å². The van der Waals surface area contributed by atoms with Crippen LogP contribution in [-0.4, -0.2) is 43.7 Å². The number of anilines is 1. The molecule has 0 spiro atoms. The van der Waals surface area contributed by atoms with E-state index in [1.54, 1.807) is 4.52 Å². The van der Waals surface area contributed by atoms with Crippen molar-refractivity contribution in [3.63, 3.8) is 0 Å². The van der Waals surface area contributed by atoms with E-state index in [4.69, 9.17) is 11.6 Å². The van der Waals surface area contributed by atoms with Crippen LogP contribution >= 0.6 is 23.4 Å². The largest absolute Gasteiger partial charge is 0.352 e. The van der Waals surface area contributed by atoms with Crippen LogP contribution in [0.3, 0.4) is 0 Å². The quantitative estimate of drug-likeness (QED) is 0.738. The Hall–Kier alpha value is -1.01. The van der Waals surface area contributed by atoms with Crippen molar-refractivity contribution in [1.82, 2.24) is 19.6 Å². The number of hydrogen-bond donors (Lipinski definition) is 0. The van der Waals surface area contributed by atoms with Crippen LogP contribution in [0, 0.1) is 0 Å². The normalized spacial score (nSPS) is 21.1. The van der Waals surface area contributed by atoms with Gasteiger partial charge >= 0.3 is 0 Å². The number of halogens is 1. The summed E-state index contributed by atoms with van der Waals surface area (Å²) in [6.45, 7) is 3.21. The highest BCUT2D eigenvalue weighted by Crippen LogP contribution is 2.25. The summed E-state index contributed by atoms with van der Waals surface area (Å²) < 4.78 is 1.75. The van der Waals surface area contributed by atoms with Crippen molar-refractivity contribution in [2.75, 3.05) is 23.0 Å². The van der Waals surface area contributed by atoms with Crippen LogP contribution in [0.5, 0.6) is 0 Å². The maximum absolute atomic E-state index is 6.02. The lowest BCUT2D eigenvalue weighted by Gasteiger charge is -2.34. The van der Waals surface area contributed by atoms with Gasteiger partial charge in [-0.05, 0) is 6.92 Å². The topological polar surface area (TPSA) is 46.3 Å². The van der Waals surface area contributed by atoms with Crippen LogP contribution in [0.1, 0.15) is 6.92 Å². The summed E-state index contributed by atoms with van der Waals surface area (Å²) in [7, 11) is 0. The van der Waals surface area contributed by atoms with Gasteiger partial charge < -0.3 is 4.90 Å². The van der Waals surface area contributed by atoms with E-state index < -0.39 is 0 Å². The first-order valence-corrected chi connectivity index (χ1v) is 6.99. The Labute approximate surface area is 108 Å². The summed E-state index contributed by atoms with van der Waals surface area (Å²) in [5.74, 6) is 3.78. The van der Waals surface area contributed by atoms with Crippen LogP contribution in [0.4, 0.5) is 5.82 Å². The SMILES string of the molecule is CC1CSCCN1c1cc(Cl)nc2ncnn12. The minimum atomic E-state index is 0.464. The highest BCUT2D eigenvalue weighted by molar-refractivity contribution is 7.99. The first-order chi connectivity index (χ1) is 8.25. The van der Waals surface area contributed by atoms with Gasteiger partial charge in [0.1, 0.15) is 17.3 Å². The number of fused-ring (bicyclic) bond motifs is 1. The smallest absolute Gasteiger partial charge is 0.255 e. The first-order valence-electron chi connectivity index (χ1n) is 5.46. The van der Waals surface area contributed by atoms with Gasteiger partial charge in [-0.15, -0.1) is 0 Å². The standard InChI is InChI=1S/C10H12ClN5S/c1-7-5-17-3-2-15(7)9-4-8(11)14-10-12-6-13-16(9)10/h4,6-7H,2-3,5H2,1H3. The monoisotopic (exact) mass is 269 g/mol. The third kappa shape index (κ3) is 1.95. The fourth-order valence-corrected chi connectivity index (χ4v) is 3.23. The Morgan fingerprint density at radius 3 is 3.24 bits per heavy atom. The molecule has 0 bridgehead atoms. The molecule has 2 aromatic heterocycles. The second-order valence-corrected chi connectivity index (χ2v) is 5.56. The molecule has 1 fully saturated rings. The van der Waals surface area contributed by atoms with Crippen molar-refractivity contribution in [3.8, 4) is 0 Å². The van der Waals surface area contributed by atoms with E-state index in [2.05, 4.69) is 26.9 Å². The van der Waals surface area contributed by atoms with E-state index in [0.717, 1.165) is 23.9 Å². The zero-order valence-corrected chi connectivity index (χ0v) is 10.9. The Balaban J connectivity index is 2.11. The van der Waals surface area contributed by atoms with Gasteiger partial charge in [0.05, 0.1) is 0 Å². The first kappa shape index (κ1) is 11.1. The molecule has 0 aromatic carbocycles. The molecule has 90 valence electrons. The zero-order chi connectivity index (χ0) is 11.8. The molecule has 1 unspecified atom stereocenters. The van der Waals surface area contributed by atoms with E-state index in [-0.39, 0.29) is 0 Å². The number of aromatic nitrogens is 4. The van der Waals surface area contributed by atoms with Crippen molar-refractivity contribution < 1.29 is 0 Å².